The molecule has 2 fully saturated rings. The predicted molar refractivity (Wildman–Crippen MR) is 173 cm³/mol. The fourth-order valence-electron chi connectivity index (χ4n) is 4.69. The van der Waals surface area contributed by atoms with Crippen LogP contribution in [0.2, 0.25) is 10.0 Å². The molecule has 6 rings (SSSR count). The van der Waals surface area contributed by atoms with E-state index in [9.17, 15) is 9.59 Å². The zero-order valence-corrected chi connectivity index (χ0v) is 25.4. The van der Waals surface area contributed by atoms with Gasteiger partial charge in [0.25, 0.3) is 11.8 Å². The molecule has 3 aromatic carbocycles. The lowest BCUT2D eigenvalue weighted by molar-refractivity contribution is 0.0276. The normalized spacial score (nSPS) is 18.0. The van der Waals surface area contributed by atoms with Gasteiger partial charge in [-0.3, -0.25) is 14.6 Å². The van der Waals surface area contributed by atoms with Crippen molar-refractivity contribution in [2.75, 3.05) is 50.0 Å². The molecular weight excluding hydrogens is 601 g/mol. The van der Waals surface area contributed by atoms with Gasteiger partial charge < -0.3 is 30.7 Å². The molecule has 0 spiro atoms. The Labute approximate surface area is 266 Å². The van der Waals surface area contributed by atoms with Crippen LogP contribution in [0.25, 0.3) is 0 Å². The Morgan fingerprint density at radius 2 is 1.20 bits per heavy atom. The number of carbonyl (C=O) groups is 2. The smallest absolute Gasteiger partial charge is 0.257 e. The van der Waals surface area contributed by atoms with Crippen LogP contribution in [0.15, 0.2) is 91.3 Å². The monoisotopic (exact) mass is 633 g/mol. The molecule has 11 heteroatoms. The molecule has 2 aliphatic heterocycles. The predicted octanol–water partition coefficient (Wildman–Crippen LogP) is 5.90. The number of hydrogen-bond acceptors (Lipinski definition) is 7. The summed E-state index contributed by atoms with van der Waals surface area (Å²) in [6.07, 6.45) is 3.12. The number of pyridine rings is 1. The fraction of sp³-hybridized carbons (Fsp3) is 0.242. The molecule has 3 heterocycles. The van der Waals surface area contributed by atoms with Gasteiger partial charge in [0.2, 0.25) is 0 Å². The quantitative estimate of drug-likeness (QED) is 0.209. The van der Waals surface area contributed by atoms with E-state index >= 15 is 0 Å². The second kappa shape index (κ2) is 15.8. The Kier molecular flexibility index (Phi) is 11.3. The first-order valence-corrected chi connectivity index (χ1v) is 15.0. The van der Waals surface area contributed by atoms with Gasteiger partial charge in [-0.2, -0.15) is 0 Å². The van der Waals surface area contributed by atoms with Crippen molar-refractivity contribution in [1.82, 2.24) is 15.6 Å². The highest BCUT2D eigenvalue weighted by Gasteiger charge is 2.17. The van der Waals surface area contributed by atoms with Crippen LogP contribution in [0.4, 0.5) is 11.4 Å². The van der Waals surface area contributed by atoms with E-state index in [1.807, 2.05) is 48.5 Å². The Bertz CT molecular complexity index is 1420. The van der Waals surface area contributed by atoms with Crippen molar-refractivity contribution in [2.45, 2.75) is 12.2 Å². The van der Waals surface area contributed by atoms with Crippen molar-refractivity contribution in [3.8, 4) is 0 Å². The summed E-state index contributed by atoms with van der Waals surface area (Å²) in [5.74, 6) is -0.413. The lowest BCUT2D eigenvalue weighted by Gasteiger charge is -2.24. The van der Waals surface area contributed by atoms with Crippen molar-refractivity contribution in [3.63, 3.8) is 0 Å². The van der Waals surface area contributed by atoms with E-state index in [-0.39, 0.29) is 24.0 Å². The van der Waals surface area contributed by atoms with Gasteiger partial charge in [-0.1, -0.05) is 53.5 Å². The van der Waals surface area contributed by atoms with Crippen LogP contribution in [-0.2, 0) is 9.47 Å². The van der Waals surface area contributed by atoms with Crippen LogP contribution in [-0.4, -0.2) is 56.2 Å². The lowest BCUT2D eigenvalue weighted by Crippen LogP contribution is -2.33. The van der Waals surface area contributed by atoms with Gasteiger partial charge in [-0.15, -0.1) is 0 Å². The molecule has 1 aromatic heterocycles. The van der Waals surface area contributed by atoms with Gasteiger partial charge in [0.1, 0.15) is 0 Å². The first-order chi connectivity index (χ1) is 21.4. The highest BCUT2D eigenvalue weighted by atomic mass is 35.5. The van der Waals surface area contributed by atoms with E-state index in [1.165, 1.54) is 12.4 Å². The Morgan fingerprint density at radius 1 is 0.682 bits per heavy atom. The summed E-state index contributed by atoms with van der Waals surface area (Å²) >= 11 is 11.7. The van der Waals surface area contributed by atoms with Crippen LogP contribution < -0.4 is 21.3 Å². The van der Waals surface area contributed by atoms with E-state index in [4.69, 9.17) is 32.7 Å². The van der Waals surface area contributed by atoms with Gasteiger partial charge >= 0.3 is 0 Å². The number of morpholine rings is 2. The van der Waals surface area contributed by atoms with E-state index in [0.717, 1.165) is 55.3 Å². The molecule has 2 amide bonds. The molecule has 2 aliphatic rings. The number of nitrogens with zero attached hydrogens (tertiary/aromatic N) is 1. The number of nitrogens with one attached hydrogen (secondary N) is 4. The zero-order chi connectivity index (χ0) is 30.7. The number of carbonyl (C=O) groups excluding carboxylic acids is 2. The molecule has 4 N–H and O–H groups in total. The molecule has 0 aliphatic carbocycles. The zero-order valence-electron chi connectivity index (χ0n) is 23.9. The van der Waals surface area contributed by atoms with Crippen LogP contribution in [0.5, 0.6) is 0 Å². The molecule has 0 bridgehead atoms. The average Bonchev–Trinajstić information content (AvgIpc) is 3.06. The third kappa shape index (κ3) is 9.09. The van der Waals surface area contributed by atoms with Crippen LogP contribution in [0.3, 0.4) is 0 Å². The molecule has 2 unspecified atom stereocenters. The number of amides is 2. The topological polar surface area (TPSA) is 114 Å². The average molecular weight is 635 g/mol. The maximum atomic E-state index is 12.1. The first kappa shape index (κ1) is 31.6. The molecule has 9 nitrogen and oxygen atoms in total. The maximum absolute atomic E-state index is 12.1. The molecular formula is C33H33Cl2N5O4. The van der Waals surface area contributed by atoms with Crippen molar-refractivity contribution in [2.24, 2.45) is 0 Å². The minimum absolute atomic E-state index is 0.0654. The highest BCUT2D eigenvalue weighted by Crippen LogP contribution is 2.23. The van der Waals surface area contributed by atoms with Crippen molar-refractivity contribution in [1.29, 1.82) is 0 Å². The first-order valence-electron chi connectivity index (χ1n) is 14.3. The Hall–Kier alpha value is -3.83. The Balaban J connectivity index is 0.000000175. The van der Waals surface area contributed by atoms with Crippen LogP contribution in [0, 0.1) is 0 Å². The van der Waals surface area contributed by atoms with Gasteiger partial charge in [-0.05, 0) is 59.7 Å². The third-order valence-corrected chi connectivity index (χ3v) is 7.43. The third-order valence-electron chi connectivity index (χ3n) is 6.99. The molecule has 4 aromatic rings. The van der Waals surface area contributed by atoms with Gasteiger partial charge in [0.05, 0.1) is 36.0 Å². The SMILES string of the molecule is O=C(Nc1ccc(C2CNCCO2)cc1)c1cccc(Cl)c1.O=C(Nc1ccc(C2CNCCO2)cc1)c1cncc(Cl)c1. The summed E-state index contributed by atoms with van der Waals surface area (Å²) < 4.78 is 11.4. The summed E-state index contributed by atoms with van der Waals surface area (Å²) in [7, 11) is 0. The van der Waals surface area contributed by atoms with Gasteiger partial charge in [0, 0.05) is 60.5 Å². The molecule has 2 atom stereocenters. The summed E-state index contributed by atoms with van der Waals surface area (Å²) in [5.41, 5.74) is 4.63. The highest BCUT2D eigenvalue weighted by molar-refractivity contribution is 6.31. The van der Waals surface area contributed by atoms with Crippen LogP contribution in [0.1, 0.15) is 44.1 Å². The Morgan fingerprint density at radius 3 is 1.68 bits per heavy atom. The summed E-state index contributed by atoms with van der Waals surface area (Å²) in [5, 5.41) is 13.3. The second-order valence-corrected chi connectivity index (χ2v) is 11.1. The summed E-state index contributed by atoms with van der Waals surface area (Å²) in [6.45, 7) is 4.83. The molecule has 2 saturated heterocycles. The minimum atomic E-state index is -0.238. The van der Waals surface area contributed by atoms with Crippen LogP contribution >= 0.6 is 23.2 Å². The fourth-order valence-corrected chi connectivity index (χ4v) is 5.06. The van der Waals surface area contributed by atoms with Gasteiger partial charge in [0.15, 0.2) is 0 Å². The molecule has 44 heavy (non-hydrogen) atoms. The molecule has 228 valence electrons. The minimum Gasteiger partial charge on any atom is -0.371 e. The number of aromatic nitrogens is 1. The van der Waals surface area contributed by atoms with Crippen molar-refractivity contribution >= 4 is 46.4 Å². The number of hydrogen-bond donors (Lipinski definition) is 4. The van der Waals surface area contributed by atoms with Crippen molar-refractivity contribution < 1.29 is 19.1 Å². The second-order valence-electron chi connectivity index (χ2n) is 10.2. The molecule has 0 saturated carbocycles. The van der Waals surface area contributed by atoms with E-state index in [1.54, 1.807) is 30.3 Å². The summed E-state index contributed by atoms with van der Waals surface area (Å²) in [4.78, 5) is 28.2. The number of ether oxygens (including phenoxy) is 2. The van der Waals surface area contributed by atoms with E-state index in [2.05, 4.69) is 26.3 Å². The maximum Gasteiger partial charge on any atom is 0.257 e. The number of rotatable bonds is 6. The van der Waals surface area contributed by atoms with E-state index < -0.39 is 0 Å². The van der Waals surface area contributed by atoms with Crippen molar-refractivity contribution in [3.05, 3.63) is 124 Å². The largest absolute Gasteiger partial charge is 0.371 e. The van der Waals surface area contributed by atoms with E-state index in [0.29, 0.717) is 27.8 Å². The standard InChI is InChI=1S/C17H17ClN2O2.C16H16ClN3O2/c18-14-3-1-2-13(10-14)17(21)20-15-6-4-12(5-7-15)16-11-19-8-9-22-16;17-13-7-12(8-19-9-13)16(21)20-14-3-1-11(2-4-14)15-10-18-5-6-22-15/h1-7,10,16,19H,8-9,11H2,(H,20,21);1-4,7-9,15,18H,5-6,10H2,(H,20,21). The number of benzene rings is 3. The number of halogens is 2. The lowest BCUT2D eigenvalue weighted by atomic mass is 10.1. The van der Waals surface area contributed by atoms with Gasteiger partial charge in [-0.25, -0.2) is 0 Å². The molecule has 0 radical (unpaired) electrons. The summed E-state index contributed by atoms with van der Waals surface area (Å²) in [6, 6.07) is 23.8. The number of anilines is 2.